The number of aromatic nitrogens is 4. The summed E-state index contributed by atoms with van der Waals surface area (Å²) in [5.74, 6) is 0.758. The molecule has 0 radical (unpaired) electrons. The van der Waals surface area contributed by atoms with E-state index in [1.165, 1.54) is 5.56 Å². The third kappa shape index (κ3) is 3.94. The molecule has 1 atom stereocenters. The Morgan fingerprint density at radius 1 is 1.21 bits per heavy atom. The maximum atomic E-state index is 12.6. The first-order valence-corrected chi connectivity index (χ1v) is 10.1. The van der Waals surface area contributed by atoms with Crippen LogP contribution >= 0.6 is 0 Å². The summed E-state index contributed by atoms with van der Waals surface area (Å²) in [4.78, 5) is 15.0. The van der Waals surface area contributed by atoms with Crippen LogP contribution in [0.3, 0.4) is 0 Å². The highest BCUT2D eigenvalue weighted by molar-refractivity contribution is 6.02. The zero-order valence-electron chi connectivity index (χ0n) is 16.3. The van der Waals surface area contributed by atoms with Crippen molar-refractivity contribution in [2.75, 3.05) is 25.0 Å². The van der Waals surface area contributed by atoms with Crippen LogP contribution in [0.1, 0.15) is 39.8 Å². The van der Waals surface area contributed by atoms with Crippen LogP contribution < -0.4 is 10.6 Å². The number of aromatic amines is 1. The Labute approximate surface area is 169 Å². The lowest BCUT2D eigenvalue weighted by Gasteiger charge is -2.27. The second kappa shape index (κ2) is 7.81. The molecule has 0 spiro atoms. The van der Waals surface area contributed by atoms with Gasteiger partial charge in [0.15, 0.2) is 11.5 Å². The normalized spacial score (nSPS) is 19.2. The Balaban J connectivity index is 1.23. The van der Waals surface area contributed by atoms with Gasteiger partial charge in [0.2, 0.25) is 0 Å². The molecule has 1 unspecified atom stereocenters. The molecule has 3 N–H and O–H groups in total. The number of amides is 1. The molecule has 1 amide bonds. The van der Waals surface area contributed by atoms with Crippen molar-refractivity contribution in [2.45, 2.75) is 32.0 Å². The summed E-state index contributed by atoms with van der Waals surface area (Å²) in [6.45, 7) is 5.43. The van der Waals surface area contributed by atoms with Crippen LogP contribution in [-0.4, -0.2) is 50.4 Å². The van der Waals surface area contributed by atoms with E-state index in [9.17, 15) is 4.79 Å². The first kappa shape index (κ1) is 18.1. The summed E-state index contributed by atoms with van der Waals surface area (Å²) in [5, 5.41) is 18.0. The van der Waals surface area contributed by atoms with E-state index in [0.29, 0.717) is 17.4 Å². The highest BCUT2D eigenvalue weighted by Crippen LogP contribution is 2.22. The van der Waals surface area contributed by atoms with E-state index in [2.05, 4.69) is 55.1 Å². The van der Waals surface area contributed by atoms with Crippen LogP contribution in [0.4, 0.5) is 5.82 Å². The van der Waals surface area contributed by atoms with E-state index in [-0.39, 0.29) is 5.91 Å². The van der Waals surface area contributed by atoms with Crippen molar-refractivity contribution in [1.82, 2.24) is 30.2 Å². The van der Waals surface area contributed by atoms with Gasteiger partial charge in [-0.25, -0.2) is 0 Å². The molecule has 0 saturated carbocycles. The number of H-pyrrole nitrogens is 1. The molecule has 8 nitrogen and oxygen atoms in total. The van der Waals surface area contributed by atoms with Gasteiger partial charge in [-0.2, -0.15) is 10.2 Å². The second-order valence-corrected chi connectivity index (χ2v) is 7.79. The predicted molar refractivity (Wildman–Crippen MR) is 110 cm³/mol. The number of hydrogen-bond donors (Lipinski definition) is 3. The van der Waals surface area contributed by atoms with Gasteiger partial charge in [-0.1, -0.05) is 30.3 Å². The molecule has 1 saturated heterocycles. The molecule has 4 heterocycles. The fraction of sp³-hybridized carbons (Fsp3) is 0.381. The fourth-order valence-electron chi connectivity index (χ4n) is 4.12. The van der Waals surface area contributed by atoms with Gasteiger partial charge in [-0.3, -0.25) is 19.5 Å². The topological polar surface area (TPSA) is 90.9 Å². The monoisotopic (exact) mass is 391 g/mol. The summed E-state index contributed by atoms with van der Waals surface area (Å²) < 4.78 is 1.98. The van der Waals surface area contributed by atoms with Gasteiger partial charge in [0.1, 0.15) is 0 Å². The fourth-order valence-corrected chi connectivity index (χ4v) is 4.12. The van der Waals surface area contributed by atoms with Crippen molar-refractivity contribution in [3.8, 4) is 0 Å². The molecule has 2 aromatic heterocycles. The minimum Gasteiger partial charge on any atom is -0.316 e. The molecule has 2 aliphatic rings. The molecule has 150 valence electrons. The lowest BCUT2D eigenvalue weighted by atomic mass is 10.1. The number of fused-ring (bicyclic) bond motifs is 1. The van der Waals surface area contributed by atoms with Crippen molar-refractivity contribution in [1.29, 1.82) is 0 Å². The average Bonchev–Trinajstić information content (AvgIpc) is 3.48. The van der Waals surface area contributed by atoms with Gasteiger partial charge in [0.25, 0.3) is 5.91 Å². The molecule has 29 heavy (non-hydrogen) atoms. The Morgan fingerprint density at radius 3 is 2.93 bits per heavy atom. The quantitative estimate of drug-likeness (QED) is 0.618. The Morgan fingerprint density at radius 2 is 2.10 bits per heavy atom. The van der Waals surface area contributed by atoms with E-state index in [1.807, 2.05) is 22.9 Å². The van der Waals surface area contributed by atoms with E-state index in [1.54, 1.807) is 0 Å². The number of carbonyl (C=O) groups excluding carboxylic acids is 1. The first-order valence-electron chi connectivity index (χ1n) is 10.1. The van der Waals surface area contributed by atoms with Crippen molar-refractivity contribution in [3.05, 3.63) is 65.1 Å². The molecule has 8 heteroatoms. The summed E-state index contributed by atoms with van der Waals surface area (Å²) in [6, 6.07) is 14.3. The minimum atomic E-state index is -0.227. The molecular formula is C21H25N7O. The van der Waals surface area contributed by atoms with E-state index < -0.39 is 0 Å². The molecule has 5 rings (SSSR count). The number of nitrogens with one attached hydrogen (secondary N) is 3. The highest BCUT2D eigenvalue weighted by atomic mass is 16.2. The maximum absolute atomic E-state index is 12.6. The van der Waals surface area contributed by atoms with Crippen LogP contribution in [0, 0.1) is 0 Å². The summed E-state index contributed by atoms with van der Waals surface area (Å²) in [7, 11) is 0. The highest BCUT2D eigenvalue weighted by Gasteiger charge is 2.22. The van der Waals surface area contributed by atoms with Crippen LogP contribution in [0.15, 0.2) is 42.5 Å². The zero-order chi connectivity index (χ0) is 19.6. The summed E-state index contributed by atoms with van der Waals surface area (Å²) >= 11 is 0. The zero-order valence-corrected chi connectivity index (χ0v) is 16.3. The standard InChI is InChI=1S/C21H25N7O/c29-21(19-11-18(24-25-19)16-6-7-22-12-16)23-20-10-17-14-27(8-9-28(17)26-20)13-15-4-2-1-3-5-15/h1-5,10-11,16,22H,6-9,12-14H2,(H,24,25)(H,23,26,29). The van der Waals surface area contributed by atoms with Crippen molar-refractivity contribution in [3.63, 3.8) is 0 Å². The summed E-state index contributed by atoms with van der Waals surface area (Å²) in [5.41, 5.74) is 3.84. The van der Waals surface area contributed by atoms with E-state index in [0.717, 1.165) is 57.1 Å². The number of benzene rings is 1. The maximum Gasteiger partial charge on any atom is 0.277 e. The molecule has 0 bridgehead atoms. The molecule has 0 aliphatic carbocycles. The number of rotatable bonds is 5. The van der Waals surface area contributed by atoms with Gasteiger partial charge >= 0.3 is 0 Å². The van der Waals surface area contributed by atoms with Gasteiger partial charge < -0.3 is 10.6 Å². The first-order chi connectivity index (χ1) is 14.2. The average molecular weight is 391 g/mol. The number of nitrogens with zero attached hydrogens (tertiary/aromatic N) is 4. The Hall–Kier alpha value is -2.97. The molecule has 1 aromatic carbocycles. The van der Waals surface area contributed by atoms with Crippen LogP contribution in [0.5, 0.6) is 0 Å². The third-order valence-corrected chi connectivity index (χ3v) is 5.70. The SMILES string of the molecule is O=C(Nc1cc2n(n1)CCN(Cc1ccccc1)C2)c1cc(C2CCNC2)[nH]n1. The second-order valence-electron chi connectivity index (χ2n) is 7.79. The Kier molecular flexibility index (Phi) is 4.87. The lowest BCUT2D eigenvalue weighted by molar-refractivity contribution is 0.102. The number of carbonyl (C=O) groups is 1. The van der Waals surface area contributed by atoms with Gasteiger partial charge in [-0.05, 0) is 24.6 Å². The predicted octanol–water partition coefficient (Wildman–Crippen LogP) is 1.95. The Bertz CT molecular complexity index is 988. The van der Waals surface area contributed by atoms with Gasteiger partial charge in [-0.15, -0.1) is 0 Å². The summed E-state index contributed by atoms with van der Waals surface area (Å²) in [6.07, 6.45) is 1.07. The van der Waals surface area contributed by atoms with E-state index >= 15 is 0 Å². The van der Waals surface area contributed by atoms with Gasteiger partial charge in [0.05, 0.1) is 12.2 Å². The lowest BCUT2D eigenvalue weighted by Crippen LogP contribution is -2.33. The molecule has 3 aromatic rings. The molecule has 2 aliphatic heterocycles. The minimum absolute atomic E-state index is 0.227. The van der Waals surface area contributed by atoms with E-state index in [4.69, 9.17) is 0 Å². The smallest absolute Gasteiger partial charge is 0.277 e. The largest absolute Gasteiger partial charge is 0.316 e. The van der Waals surface area contributed by atoms with Crippen LogP contribution in [0.25, 0.3) is 0 Å². The molecule has 1 fully saturated rings. The molecular weight excluding hydrogens is 366 g/mol. The van der Waals surface area contributed by atoms with Crippen molar-refractivity contribution < 1.29 is 4.79 Å². The number of hydrogen-bond acceptors (Lipinski definition) is 5. The van der Waals surface area contributed by atoms with Crippen molar-refractivity contribution in [2.24, 2.45) is 0 Å². The third-order valence-electron chi connectivity index (χ3n) is 5.70. The number of anilines is 1. The van der Waals surface area contributed by atoms with Crippen LogP contribution in [-0.2, 0) is 19.6 Å². The van der Waals surface area contributed by atoms with Crippen molar-refractivity contribution >= 4 is 11.7 Å². The van der Waals surface area contributed by atoms with Crippen LogP contribution in [0.2, 0.25) is 0 Å². The van der Waals surface area contributed by atoms with Gasteiger partial charge in [0, 0.05) is 43.9 Å².